The zero-order valence-corrected chi connectivity index (χ0v) is 15.7. The average molecular weight is 402 g/mol. The first-order valence-electron chi connectivity index (χ1n) is 9.21. The van der Waals surface area contributed by atoms with E-state index in [2.05, 4.69) is 5.32 Å². The van der Waals surface area contributed by atoms with Gasteiger partial charge < -0.3 is 10.4 Å². The number of halogens is 2. The number of hydrogen-bond acceptors (Lipinski definition) is 4. The van der Waals surface area contributed by atoms with E-state index in [0.717, 1.165) is 16.4 Å². The van der Waals surface area contributed by atoms with E-state index < -0.39 is 32.5 Å². The van der Waals surface area contributed by atoms with E-state index in [4.69, 9.17) is 0 Å². The molecule has 1 atom stereocenters. The molecule has 0 aromatic heterocycles. The Hall–Kier alpha value is -1.58. The van der Waals surface area contributed by atoms with Crippen LogP contribution in [0.2, 0.25) is 0 Å². The highest BCUT2D eigenvalue weighted by molar-refractivity contribution is 7.89. The minimum Gasteiger partial charge on any atom is -0.393 e. The Morgan fingerprint density at radius 3 is 2.52 bits per heavy atom. The van der Waals surface area contributed by atoms with Crippen LogP contribution < -0.4 is 5.32 Å². The second-order valence-electron chi connectivity index (χ2n) is 7.29. The van der Waals surface area contributed by atoms with Gasteiger partial charge >= 0.3 is 0 Å². The van der Waals surface area contributed by atoms with E-state index in [1.54, 1.807) is 0 Å². The van der Waals surface area contributed by atoms with Crippen LogP contribution in [0.1, 0.15) is 38.5 Å². The van der Waals surface area contributed by atoms with Crippen molar-refractivity contribution < 1.29 is 27.1 Å². The largest absolute Gasteiger partial charge is 0.393 e. The SMILES string of the molecule is O=C(NC1CCC(O)CC1)C1CCCN(S(=O)(=O)c2ccc(F)cc2F)C1. The van der Waals surface area contributed by atoms with Gasteiger partial charge in [-0.1, -0.05) is 0 Å². The van der Waals surface area contributed by atoms with Gasteiger partial charge in [-0.05, 0) is 50.7 Å². The summed E-state index contributed by atoms with van der Waals surface area (Å²) in [7, 11) is -4.14. The highest BCUT2D eigenvalue weighted by Crippen LogP contribution is 2.26. The molecule has 0 bridgehead atoms. The molecule has 1 unspecified atom stereocenters. The third-order valence-electron chi connectivity index (χ3n) is 5.31. The van der Waals surface area contributed by atoms with E-state index >= 15 is 0 Å². The molecule has 1 aromatic rings. The molecule has 0 radical (unpaired) electrons. The van der Waals surface area contributed by atoms with Crippen LogP contribution in [0.3, 0.4) is 0 Å². The van der Waals surface area contributed by atoms with Crippen LogP contribution in [0.15, 0.2) is 23.1 Å². The second-order valence-corrected chi connectivity index (χ2v) is 9.20. The lowest BCUT2D eigenvalue weighted by Crippen LogP contribution is -2.48. The van der Waals surface area contributed by atoms with Crippen LogP contribution in [-0.2, 0) is 14.8 Å². The zero-order valence-electron chi connectivity index (χ0n) is 14.9. The Kier molecular flexibility index (Phi) is 6.12. The molecule has 1 aromatic carbocycles. The third-order valence-corrected chi connectivity index (χ3v) is 7.21. The fourth-order valence-electron chi connectivity index (χ4n) is 3.74. The summed E-state index contributed by atoms with van der Waals surface area (Å²) >= 11 is 0. The predicted molar refractivity (Wildman–Crippen MR) is 94.2 cm³/mol. The number of nitrogens with one attached hydrogen (secondary N) is 1. The maximum Gasteiger partial charge on any atom is 0.246 e. The van der Waals surface area contributed by atoms with Crippen molar-refractivity contribution in [2.75, 3.05) is 13.1 Å². The first-order chi connectivity index (χ1) is 12.8. The average Bonchev–Trinajstić information content (AvgIpc) is 2.63. The monoisotopic (exact) mass is 402 g/mol. The lowest BCUT2D eigenvalue weighted by molar-refractivity contribution is -0.127. The smallest absolute Gasteiger partial charge is 0.246 e. The molecule has 1 amide bonds. The van der Waals surface area contributed by atoms with Gasteiger partial charge in [-0.25, -0.2) is 17.2 Å². The molecule has 3 rings (SSSR count). The van der Waals surface area contributed by atoms with Gasteiger partial charge in [0.1, 0.15) is 16.5 Å². The number of hydrogen-bond donors (Lipinski definition) is 2. The van der Waals surface area contributed by atoms with Crippen LogP contribution in [0, 0.1) is 17.6 Å². The standard InChI is InChI=1S/C18H24F2N2O4S/c19-13-3-8-17(16(20)10-13)27(25,26)22-9-1-2-12(11-22)18(24)21-14-4-6-15(23)7-5-14/h3,8,10,12,14-15,23H,1-2,4-7,9,11H2,(H,21,24). The first kappa shape index (κ1) is 20.2. The number of nitrogens with zero attached hydrogens (tertiary/aromatic N) is 1. The molecular formula is C18H24F2N2O4S. The highest BCUT2D eigenvalue weighted by atomic mass is 32.2. The third kappa shape index (κ3) is 4.64. The summed E-state index contributed by atoms with van der Waals surface area (Å²) in [4.78, 5) is 12.0. The van der Waals surface area contributed by atoms with Gasteiger partial charge in [0.15, 0.2) is 0 Å². The summed E-state index contributed by atoms with van der Waals surface area (Å²) in [6.45, 7) is 0.166. The molecule has 150 valence electrons. The number of carbonyl (C=O) groups is 1. The van der Waals surface area contributed by atoms with Gasteiger partial charge in [0.05, 0.1) is 12.0 Å². The fraction of sp³-hybridized carbons (Fsp3) is 0.611. The summed E-state index contributed by atoms with van der Waals surface area (Å²) < 4.78 is 53.6. The van der Waals surface area contributed by atoms with E-state index in [1.165, 1.54) is 0 Å². The second kappa shape index (κ2) is 8.20. The summed E-state index contributed by atoms with van der Waals surface area (Å²) in [5.74, 6) is -2.71. The van der Waals surface area contributed by atoms with Crippen LogP contribution in [0.5, 0.6) is 0 Å². The molecule has 0 spiro atoms. The molecule has 1 aliphatic heterocycles. The number of rotatable bonds is 4. The molecule has 2 fully saturated rings. The molecule has 1 aliphatic carbocycles. The maximum atomic E-state index is 14.0. The van der Waals surface area contributed by atoms with Crippen LogP contribution in [-0.4, -0.2) is 49.0 Å². The highest BCUT2D eigenvalue weighted by Gasteiger charge is 2.35. The van der Waals surface area contributed by atoms with E-state index in [0.29, 0.717) is 44.6 Å². The van der Waals surface area contributed by atoms with Crippen LogP contribution in [0.4, 0.5) is 8.78 Å². The molecular weight excluding hydrogens is 378 g/mol. The van der Waals surface area contributed by atoms with Crippen molar-refractivity contribution in [1.29, 1.82) is 0 Å². The van der Waals surface area contributed by atoms with Gasteiger partial charge in [-0.15, -0.1) is 0 Å². The van der Waals surface area contributed by atoms with Gasteiger partial charge in [0, 0.05) is 25.2 Å². The zero-order chi connectivity index (χ0) is 19.6. The van der Waals surface area contributed by atoms with Crippen LogP contribution >= 0.6 is 0 Å². The number of aliphatic hydroxyl groups excluding tert-OH is 1. The van der Waals surface area contributed by atoms with E-state index in [1.807, 2.05) is 0 Å². The summed E-state index contributed by atoms with van der Waals surface area (Å²) in [5, 5.41) is 12.5. The van der Waals surface area contributed by atoms with Gasteiger partial charge in [-0.2, -0.15) is 4.31 Å². The maximum absolute atomic E-state index is 14.0. The quantitative estimate of drug-likeness (QED) is 0.804. The number of benzene rings is 1. The van der Waals surface area contributed by atoms with Gasteiger partial charge in [0.2, 0.25) is 15.9 Å². The Labute approximate surface area is 157 Å². The normalized spacial score (nSPS) is 27.3. The molecule has 9 heteroatoms. The van der Waals surface area contributed by atoms with Crippen molar-refractivity contribution in [1.82, 2.24) is 9.62 Å². The summed E-state index contributed by atoms with van der Waals surface area (Å²) in [5.41, 5.74) is 0. The van der Waals surface area contributed by atoms with Crippen molar-refractivity contribution in [3.63, 3.8) is 0 Å². The molecule has 1 heterocycles. The lowest BCUT2D eigenvalue weighted by Gasteiger charge is -2.33. The Morgan fingerprint density at radius 1 is 1.15 bits per heavy atom. The molecule has 2 N–H and O–H groups in total. The Morgan fingerprint density at radius 2 is 1.85 bits per heavy atom. The molecule has 1 saturated carbocycles. The minimum atomic E-state index is -4.14. The van der Waals surface area contributed by atoms with Crippen molar-refractivity contribution in [3.8, 4) is 0 Å². The number of carbonyl (C=O) groups excluding carboxylic acids is 1. The lowest BCUT2D eigenvalue weighted by atomic mass is 9.92. The minimum absolute atomic E-state index is 0.0116. The number of amides is 1. The number of piperidine rings is 1. The Balaban J connectivity index is 1.67. The van der Waals surface area contributed by atoms with Crippen LogP contribution in [0.25, 0.3) is 0 Å². The fourth-order valence-corrected chi connectivity index (χ4v) is 5.31. The van der Waals surface area contributed by atoms with Crippen molar-refractivity contribution >= 4 is 15.9 Å². The topological polar surface area (TPSA) is 86.7 Å². The summed E-state index contributed by atoms with van der Waals surface area (Å²) in [6.07, 6.45) is 3.40. The molecule has 2 aliphatic rings. The summed E-state index contributed by atoms with van der Waals surface area (Å²) in [6, 6.07) is 2.35. The molecule has 6 nitrogen and oxygen atoms in total. The molecule has 27 heavy (non-hydrogen) atoms. The van der Waals surface area contributed by atoms with Gasteiger partial charge in [0.25, 0.3) is 0 Å². The first-order valence-corrected chi connectivity index (χ1v) is 10.6. The molecule has 1 saturated heterocycles. The number of aliphatic hydroxyl groups is 1. The van der Waals surface area contributed by atoms with Gasteiger partial charge in [-0.3, -0.25) is 4.79 Å². The van der Waals surface area contributed by atoms with Crippen molar-refractivity contribution in [3.05, 3.63) is 29.8 Å². The van der Waals surface area contributed by atoms with E-state index in [-0.39, 0.29) is 31.1 Å². The van der Waals surface area contributed by atoms with Crippen molar-refractivity contribution in [2.24, 2.45) is 5.92 Å². The predicted octanol–water partition coefficient (Wildman–Crippen LogP) is 1.79. The Bertz CT molecular complexity index is 795. The van der Waals surface area contributed by atoms with E-state index in [9.17, 15) is 27.1 Å². The number of sulfonamides is 1. The van der Waals surface area contributed by atoms with Crippen molar-refractivity contribution in [2.45, 2.75) is 55.6 Å².